The number of tetrazole rings is 1. The lowest BCUT2D eigenvalue weighted by atomic mass is 10.3. The van der Waals surface area contributed by atoms with E-state index in [9.17, 15) is 0 Å². The Hall–Kier alpha value is -1.43. The molecule has 2 rings (SSSR count). The molecule has 80 valence electrons. The predicted octanol–water partition coefficient (Wildman–Crippen LogP) is 0.755. The van der Waals surface area contributed by atoms with E-state index in [0.717, 1.165) is 5.56 Å². The Morgan fingerprint density at radius 1 is 1.53 bits per heavy atom. The minimum absolute atomic E-state index is 0.0337. The van der Waals surface area contributed by atoms with Crippen molar-refractivity contribution in [3.8, 4) is 0 Å². The molecular weight excluding hydrogens is 216 g/mol. The topological polar surface area (TPSA) is 61.4 Å². The molecule has 1 unspecified atom stereocenters. The van der Waals surface area contributed by atoms with Gasteiger partial charge >= 0.3 is 0 Å². The van der Waals surface area contributed by atoms with Crippen molar-refractivity contribution < 1.29 is 0 Å². The summed E-state index contributed by atoms with van der Waals surface area (Å²) >= 11 is 5.92. The molecule has 0 aliphatic rings. The van der Waals surface area contributed by atoms with Crippen LogP contribution in [0.25, 0.3) is 0 Å². The van der Waals surface area contributed by atoms with E-state index in [2.05, 4.69) is 20.5 Å². The first-order valence-electron chi connectivity index (χ1n) is 4.54. The largest absolute Gasteiger partial charge is 0.265 e. The Morgan fingerprint density at radius 3 is 2.87 bits per heavy atom. The highest BCUT2D eigenvalue weighted by molar-refractivity contribution is 6.20. The van der Waals surface area contributed by atoms with Crippen LogP contribution in [0.3, 0.4) is 0 Å². The molecule has 7 heteroatoms. The fraction of sp³-hybridized carbons (Fsp3) is 0.500. The van der Waals surface area contributed by atoms with E-state index in [1.807, 2.05) is 13.1 Å². The lowest BCUT2D eigenvalue weighted by Crippen LogP contribution is -2.02. The van der Waals surface area contributed by atoms with E-state index >= 15 is 0 Å². The average molecular weight is 227 g/mol. The van der Waals surface area contributed by atoms with Crippen LogP contribution in [0.5, 0.6) is 0 Å². The number of nitrogens with zero attached hydrogens (tertiary/aromatic N) is 6. The summed E-state index contributed by atoms with van der Waals surface area (Å²) in [4.78, 5) is 1.42. The van der Waals surface area contributed by atoms with E-state index in [4.69, 9.17) is 11.6 Å². The van der Waals surface area contributed by atoms with E-state index in [1.54, 1.807) is 17.9 Å². The predicted molar refractivity (Wildman–Crippen MR) is 54.4 cm³/mol. The maximum atomic E-state index is 5.92. The molecule has 0 radical (unpaired) electrons. The maximum Gasteiger partial charge on any atom is 0.196 e. The van der Waals surface area contributed by atoms with Crippen molar-refractivity contribution in [1.29, 1.82) is 0 Å². The summed E-state index contributed by atoms with van der Waals surface area (Å²) < 4.78 is 1.74. The SMILES string of the molecule is CC(Cl)c1cnn(Cc2nnn(C)n2)c1. The van der Waals surface area contributed by atoms with Gasteiger partial charge in [-0.05, 0) is 12.1 Å². The molecule has 2 aromatic rings. The van der Waals surface area contributed by atoms with Crippen molar-refractivity contribution in [3.05, 3.63) is 23.8 Å². The molecule has 0 fully saturated rings. The maximum absolute atomic E-state index is 5.92. The van der Waals surface area contributed by atoms with E-state index in [0.29, 0.717) is 12.4 Å². The quantitative estimate of drug-likeness (QED) is 0.725. The number of aryl methyl sites for hydroxylation is 1. The molecule has 1 atom stereocenters. The summed E-state index contributed by atoms with van der Waals surface area (Å²) in [7, 11) is 1.73. The number of alkyl halides is 1. The minimum Gasteiger partial charge on any atom is -0.265 e. The van der Waals surface area contributed by atoms with Crippen molar-refractivity contribution in [2.45, 2.75) is 18.8 Å². The first-order chi connectivity index (χ1) is 7.15. The molecule has 0 saturated carbocycles. The van der Waals surface area contributed by atoms with Crippen molar-refractivity contribution in [1.82, 2.24) is 30.0 Å². The smallest absolute Gasteiger partial charge is 0.196 e. The van der Waals surface area contributed by atoms with Crippen LogP contribution in [0.15, 0.2) is 12.4 Å². The van der Waals surface area contributed by atoms with Gasteiger partial charge in [0.05, 0.1) is 18.6 Å². The van der Waals surface area contributed by atoms with Crippen LogP contribution < -0.4 is 0 Å². The summed E-state index contributed by atoms with van der Waals surface area (Å²) in [6.07, 6.45) is 3.63. The van der Waals surface area contributed by atoms with Crippen LogP contribution in [-0.2, 0) is 13.6 Å². The van der Waals surface area contributed by atoms with E-state index in [-0.39, 0.29) is 5.38 Å². The second-order valence-electron chi connectivity index (χ2n) is 3.28. The zero-order valence-electron chi connectivity index (χ0n) is 8.50. The van der Waals surface area contributed by atoms with Crippen LogP contribution in [0.2, 0.25) is 0 Å². The third-order valence-electron chi connectivity index (χ3n) is 1.97. The highest BCUT2D eigenvalue weighted by Gasteiger charge is 2.06. The number of rotatable bonds is 3. The molecule has 0 aromatic carbocycles. The van der Waals surface area contributed by atoms with Crippen LogP contribution in [0, 0.1) is 0 Å². The van der Waals surface area contributed by atoms with Gasteiger partial charge in [0.25, 0.3) is 0 Å². The van der Waals surface area contributed by atoms with Crippen molar-refractivity contribution in [2.75, 3.05) is 0 Å². The first kappa shape index (κ1) is 10.1. The molecule has 15 heavy (non-hydrogen) atoms. The standard InChI is InChI=1S/C8H11ClN6/c1-6(9)7-3-10-15(4-7)5-8-11-13-14(2)12-8/h3-4,6H,5H2,1-2H3. The summed E-state index contributed by atoms with van der Waals surface area (Å²) in [5.74, 6) is 0.634. The van der Waals surface area contributed by atoms with Gasteiger partial charge in [0.1, 0.15) is 6.54 Å². The molecule has 0 spiro atoms. The van der Waals surface area contributed by atoms with Gasteiger partial charge < -0.3 is 0 Å². The molecule has 0 aliphatic heterocycles. The third-order valence-corrected chi connectivity index (χ3v) is 2.22. The Bertz CT molecular complexity index is 445. The summed E-state index contributed by atoms with van der Waals surface area (Å²) in [5.41, 5.74) is 0.987. The van der Waals surface area contributed by atoms with Gasteiger partial charge in [0.15, 0.2) is 5.82 Å². The number of aromatic nitrogens is 6. The fourth-order valence-corrected chi connectivity index (χ4v) is 1.32. The van der Waals surface area contributed by atoms with E-state index in [1.165, 1.54) is 4.80 Å². The van der Waals surface area contributed by atoms with Gasteiger partial charge in [-0.3, -0.25) is 4.68 Å². The molecule has 0 bridgehead atoms. The van der Waals surface area contributed by atoms with Gasteiger partial charge in [-0.25, -0.2) is 0 Å². The molecule has 2 aromatic heterocycles. The molecule has 0 saturated heterocycles. The molecule has 2 heterocycles. The van der Waals surface area contributed by atoms with Crippen LogP contribution in [-0.4, -0.2) is 30.0 Å². The zero-order valence-corrected chi connectivity index (χ0v) is 9.26. The Morgan fingerprint density at radius 2 is 2.33 bits per heavy atom. The van der Waals surface area contributed by atoms with Crippen molar-refractivity contribution in [2.24, 2.45) is 7.05 Å². The molecule has 0 N–H and O–H groups in total. The minimum atomic E-state index is -0.0337. The summed E-state index contributed by atoms with van der Waals surface area (Å²) in [6, 6.07) is 0. The second kappa shape index (κ2) is 3.98. The average Bonchev–Trinajstić information content (AvgIpc) is 2.76. The Labute approximate surface area is 91.8 Å². The zero-order chi connectivity index (χ0) is 10.8. The first-order valence-corrected chi connectivity index (χ1v) is 4.98. The highest BCUT2D eigenvalue weighted by Crippen LogP contribution is 2.17. The monoisotopic (exact) mass is 226 g/mol. The second-order valence-corrected chi connectivity index (χ2v) is 3.94. The van der Waals surface area contributed by atoms with Crippen molar-refractivity contribution in [3.63, 3.8) is 0 Å². The lowest BCUT2D eigenvalue weighted by molar-refractivity contribution is 0.617. The van der Waals surface area contributed by atoms with Gasteiger partial charge in [0, 0.05) is 11.8 Å². The Balaban J connectivity index is 2.11. The number of hydrogen-bond donors (Lipinski definition) is 0. The van der Waals surface area contributed by atoms with Crippen LogP contribution >= 0.6 is 11.6 Å². The van der Waals surface area contributed by atoms with Crippen LogP contribution in [0.1, 0.15) is 23.7 Å². The Kier molecular flexibility index (Phi) is 2.68. The highest BCUT2D eigenvalue weighted by atomic mass is 35.5. The van der Waals surface area contributed by atoms with Gasteiger partial charge in [-0.15, -0.1) is 21.8 Å². The number of halogens is 1. The lowest BCUT2D eigenvalue weighted by Gasteiger charge is -1.96. The molecule has 0 aliphatic carbocycles. The molecule has 0 amide bonds. The molecule has 6 nitrogen and oxygen atoms in total. The number of hydrogen-bond acceptors (Lipinski definition) is 4. The normalized spacial score (nSPS) is 13.0. The third kappa shape index (κ3) is 2.33. The fourth-order valence-electron chi connectivity index (χ4n) is 1.20. The van der Waals surface area contributed by atoms with Gasteiger partial charge in [-0.2, -0.15) is 9.90 Å². The van der Waals surface area contributed by atoms with Crippen LogP contribution in [0.4, 0.5) is 0 Å². The summed E-state index contributed by atoms with van der Waals surface area (Å²) in [6.45, 7) is 2.42. The van der Waals surface area contributed by atoms with Gasteiger partial charge in [0.2, 0.25) is 0 Å². The van der Waals surface area contributed by atoms with Gasteiger partial charge in [-0.1, -0.05) is 0 Å². The van der Waals surface area contributed by atoms with Crippen molar-refractivity contribution >= 4 is 11.6 Å². The van der Waals surface area contributed by atoms with E-state index < -0.39 is 0 Å². The molecular formula is C8H11ClN6. The summed E-state index contributed by atoms with van der Waals surface area (Å²) in [5, 5.41) is 15.8.